The first kappa shape index (κ1) is 17.5. The van der Waals surface area contributed by atoms with Gasteiger partial charge < -0.3 is 29.2 Å². The van der Waals surface area contributed by atoms with Crippen molar-refractivity contribution in [1.29, 1.82) is 0 Å². The number of hydrogen-bond acceptors (Lipinski definition) is 6. The first-order valence-electron chi connectivity index (χ1n) is 8.96. The predicted octanol–water partition coefficient (Wildman–Crippen LogP) is 2.56. The first-order valence-corrected chi connectivity index (χ1v) is 8.96. The number of methoxy groups -OCH3 is 1. The zero-order valence-corrected chi connectivity index (χ0v) is 15.2. The molecular formula is C20H22N2O5. The Kier molecular flexibility index (Phi) is 5.02. The van der Waals surface area contributed by atoms with Crippen molar-refractivity contribution in [3.63, 3.8) is 0 Å². The van der Waals surface area contributed by atoms with Gasteiger partial charge in [-0.05, 0) is 30.3 Å². The number of fused-ring (bicyclic) bond motifs is 1. The fraction of sp³-hybridized carbons (Fsp3) is 0.350. The van der Waals surface area contributed by atoms with E-state index in [0.29, 0.717) is 49.2 Å². The lowest BCUT2D eigenvalue weighted by Gasteiger charge is -2.29. The summed E-state index contributed by atoms with van der Waals surface area (Å²) in [5.74, 6) is 1.31. The van der Waals surface area contributed by atoms with Crippen LogP contribution in [0.15, 0.2) is 36.4 Å². The lowest BCUT2D eigenvalue weighted by molar-refractivity contribution is 0.102. The number of hydrogen-bond donors (Lipinski definition) is 1. The summed E-state index contributed by atoms with van der Waals surface area (Å²) >= 11 is 0. The lowest BCUT2D eigenvalue weighted by atomic mass is 10.1. The van der Waals surface area contributed by atoms with E-state index in [9.17, 15) is 4.79 Å². The molecule has 7 nitrogen and oxygen atoms in total. The molecule has 2 aromatic rings. The number of benzene rings is 2. The molecular weight excluding hydrogens is 348 g/mol. The van der Waals surface area contributed by atoms with E-state index >= 15 is 0 Å². The summed E-state index contributed by atoms with van der Waals surface area (Å²) in [5.41, 5.74) is 2.25. The molecule has 2 aliphatic rings. The van der Waals surface area contributed by atoms with E-state index in [1.165, 1.54) is 0 Å². The molecule has 1 amide bonds. The minimum Gasteiger partial charge on any atom is -0.493 e. The second-order valence-electron chi connectivity index (χ2n) is 6.31. The highest BCUT2D eigenvalue weighted by Gasteiger charge is 2.21. The van der Waals surface area contributed by atoms with Crippen LogP contribution in [0.25, 0.3) is 0 Å². The van der Waals surface area contributed by atoms with Gasteiger partial charge in [-0.25, -0.2) is 0 Å². The molecule has 0 bridgehead atoms. The van der Waals surface area contributed by atoms with E-state index in [1.807, 2.05) is 24.3 Å². The zero-order chi connectivity index (χ0) is 18.6. The quantitative estimate of drug-likeness (QED) is 0.892. The third-order valence-electron chi connectivity index (χ3n) is 4.57. The van der Waals surface area contributed by atoms with Gasteiger partial charge in [0.05, 0.1) is 20.3 Å². The van der Waals surface area contributed by atoms with Crippen molar-refractivity contribution in [2.75, 3.05) is 56.8 Å². The summed E-state index contributed by atoms with van der Waals surface area (Å²) in [5, 5.41) is 2.95. The number of morpholine rings is 1. The Morgan fingerprint density at radius 1 is 1.07 bits per heavy atom. The van der Waals surface area contributed by atoms with Crippen molar-refractivity contribution in [3.8, 4) is 17.2 Å². The van der Waals surface area contributed by atoms with Gasteiger partial charge in [-0.3, -0.25) is 4.79 Å². The van der Waals surface area contributed by atoms with E-state index in [1.54, 1.807) is 19.2 Å². The molecule has 4 rings (SSSR count). The van der Waals surface area contributed by atoms with Crippen LogP contribution in [-0.4, -0.2) is 52.5 Å². The van der Waals surface area contributed by atoms with E-state index < -0.39 is 0 Å². The number of carbonyl (C=O) groups is 1. The minimum atomic E-state index is -0.232. The Morgan fingerprint density at radius 3 is 2.70 bits per heavy atom. The monoisotopic (exact) mass is 370 g/mol. The highest BCUT2D eigenvalue weighted by atomic mass is 16.6. The van der Waals surface area contributed by atoms with Crippen LogP contribution >= 0.6 is 0 Å². The van der Waals surface area contributed by atoms with Crippen molar-refractivity contribution in [1.82, 2.24) is 0 Å². The van der Waals surface area contributed by atoms with Gasteiger partial charge in [0, 0.05) is 30.0 Å². The smallest absolute Gasteiger partial charge is 0.255 e. The summed E-state index contributed by atoms with van der Waals surface area (Å²) in [6.45, 7) is 4.03. The average molecular weight is 370 g/mol. The molecule has 0 unspecified atom stereocenters. The van der Waals surface area contributed by atoms with Gasteiger partial charge in [-0.2, -0.15) is 0 Å². The number of nitrogens with zero attached hydrogens (tertiary/aromatic N) is 1. The van der Waals surface area contributed by atoms with Crippen LogP contribution < -0.4 is 24.4 Å². The molecule has 0 saturated carbocycles. The molecule has 142 valence electrons. The van der Waals surface area contributed by atoms with Gasteiger partial charge in [0.2, 0.25) is 5.75 Å². The molecule has 0 atom stereocenters. The van der Waals surface area contributed by atoms with Crippen LogP contribution in [0.3, 0.4) is 0 Å². The number of ether oxygens (including phenoxy) is 4. The van der Waals surface area contributed by atoms with Gasteiger partial charge in [0.15, 0.2) is 11.5 Å². The van der Waals surface area contributed by atoms with Gasteiger partial charge in [-0.1, -0.05) is 6.07 Å². The Balaban J connectivity index is 1.54. The fourth-order valence-electron chi connectivity index (χ4n) is 3.21. The number of anilines is 2. The normalized spacial score (nSPS) is 16.0. The van der Waals surface area contributed by atoms with Crippen LogP contribution in [-0.2, 0) is 4.74 Å². The molecule has 1 fully saturated rings. The summed E-state index contributed by atoms with van der Waals surface area (Å²) in [6, 6.07) is 11.2. The van der Waals surface area contributed by atoms with Crippen molar-refractivity contribution in [2.24, 2.45) is 0 Å². The van der Waals surface area contributed by atoms with Gasteiger partial charge in [0.1, 0.15) is 13.2 Å². The predicted molar refractivity (Wildman–Crippen MR) is 101 cm³/mol. The van der Waals surface area contributed by atoms with E-state index in [-0.39, 0.29) is 5.91 Å². The van der Waals surface area contributed by atoms with E-state index in [4.69, 9.17) is 18.9 Å². The molecule has 0 aliphatic carbocycles. The highest BCUT2D eigenvalue weighted by Crippen LogP contribution is 2.40. The third kappa shape index (κ3) is 3.78. The summed E-state index contributed by atoms with van der Waals surface area (Å²) < 4.78 is 21.9. The number of nitrogens with one attached hydrogen (secondary N) is 1. The SMILES string of the molecule is COc1cc(C(=O)Nc2cccc(N3CCOCC3)c2)cc2c1OCCO2. The molecule has 7 heteroatoms. The molecule has 0 aromatic heterocycles. The Morgan fingerprint density at radius 2 is 1.89 bits per heavy atom. The second kappa shape index (κ2) is 7.75. The Hall–Kier alpha value is -2.93. The minimum absolute atomic E-state index is 0.232. The summed E-state index contributed by atoms with van der Waals surface area (Å²) in [6.07, 6.45) is 0. The van der Waals surface area contributed by atoms with Gasteiger partial charge in [0.25, 0.3) is 5.91 Å². The van der Waals surface area contributed by atoms with E-state index in [2.05, 4.69) is 10.2 Å². The maximum absolute atomic E-state index is 12.8. The molecule has 2 aliphatic heterocycles. The number of carbonyl (C=O) groups excluding carboxylic acids is 1. The number of amides is 1. The lowest BCUT2D eigenvalue weighted by Crippen LogP contribution is -2.36. The second-order valence-corrected chi connectivity index (χ2v) is 6.31. The van der Waals surface area contributed by atoms with Crippen LogP contribution in [0.4, 0.5) is 11.4 Å². The molecule has 2 aromatic carbocycles. The zero-order valence-electron chi connectivity index (χ0n) is 15.2. The van der Waals surface area contributed by atoms with Crippen LogP contribution in [0, 0.1) is 0 Å². The third-order valence-corrected chi connectivity index (χ3v) is 4.57. The topological polar surface area (TPSA) is 69.3 Å². The molecule has 1 N–H and O–H groups in total. The molecule has 0 spiro atoms. The Bertz CT molecular complexity index is 816. The molecule has 2 heterocycles. The van der Waals surface area contributed by atoms with Crippen LogP contribution in [0.2, 0.25) is 0 Å². The molecule has 1 saturated heterocycles. The average Bonchev–Trinajstić information content (AvgIpc) is 2.73. The molecule has 27 heavy (non-hydrogen) atoms. The van der Waals surface area contributed by atoms with Crippen LogP contribution in [0.1, 0.15) is 10.4 Å². The Labute approximate surface area is 157 Å². The highest BCUT2D eigenvalue weighted by molar-refractivity contribution is 6.05. The number of rotatable bonds is 4. The van der Waals surface area contributed by atoms with Crippen molar-refractivity contribution in [3.05, 3.63) is 42.0 Å². The van der Waals surface area contributed by atoms with Gasteiger partial charge >= 0.3 is 0 Å². The first-order chi connectivity index (χ1) is 13.2. The maximum atomic E-state index is 12.8. The largest absolute Gasteiger partial charge is 0.493 e. The fourth-order valence-corrected chi connectivity index (χ4v) is 3.21. The standard InChI is InChI=1S/C20H22N2O5/c1-24-17-11-14(12-18-19(17)27-10-9-26-18)20(23)21-15-3-2-4-16(13-15)22-5-7-25-8-6-22/h2-4,11-13H,5-10H2,1H3,(H,21,23). The summed E-state index contributed by atoms with van der Waals surface area (Å²) in [7, 11) is 1.54. The van der Waals surface area contributed by atoms with Crippen molar-refractivity contribution >= 4 is 17.3 Å². The van der Waals surface area contributed by atoms with Gasteiger partial charge in [-0.15, -0.1) is 0 Å². The summed E-state index contributed by atoms with van der Waals surface area (Å²) in [4.78, 5) is 15.0. The maximum Gasteiger partial charge on any atom is 0.255 e. The van der Waals surface area contributed by atoms with Crippen molar-refractivity contribution in [2.45, 2.75) is 0 Å². The van der Waals surface area contributed by atoms with E-state index in [0.717, 1.165) is 24.5 Å². The van der Waals surface area contributed by atoms with Crippen molar-refractivity contribution < 1.29 is 23.7 Å². The molecule has 0 radical (unpaired) electrons. The van der Waals surface area contributed by atoms with Crippen LogP contribution in [0.5, 0.6) is 17.2 Å².